The van der Waals surface area contributed by atoms with E-state index < -0.39 is 11.8 Å². The van der Waals surface area contributed by atoms with Crippen LogP contribution in [0.3, 0.4) is 0 Å². The molecule has 1 aromatic heterocycles. The van der Waals surface area contributed by atoms with E-state index in [0.717, 1.165) is 28.2 Å². The third kappa shape index (κ3) is 3.35. The molecule has 6 heteroatoms. The zero-order valence-corrected chi connectivity index (χ0v) is 17.8. The minimum absolute atomic E-state index is 0.0415. The number of thiocarbonyl (C=S) groups is 1. The Morgan fingerprint density at radius 1 is 0.900 bits per heavy atom. The molecule has 150 valence electrons. The lowest BCUT2D eigenvalue weighted by Gasteiger charge is -2.30. The van der Waals surface area contributed by atoms with Gasteiger partial charge >= 0.3 is 0 Å². The van der Waals surface area contributed by atoms with Crippen LogP contribution in [-0.4, -0.2) is 21.5 Å². The number of nitrogens with zero attached hydrogens (tertiary/aromatic N) is 2. The normalized spacial score (nSPS) is 15.6. The van der Waals surface area contributed by atoms with Crippen molar-refractivity contribution < 1.29 is 9.59 Å². The molecule has 0 spiro atoms. The van der Waals surface area contributed by atoms with E-state index in [1.54, 1.807) is 6.08 Å². The summed E-state index contributed by atoms with van der Waals surface area (Å²) in [5.41, 5.74) is 5.39. The van der Waals surface area contributed by atoms with Gasteiger partial charge in [-0.2, -0.15) is 0 Å². The quantitative estimate of drug-likeness (QED) is 0.396. The molecule has 0 unspecified atom stereocenters. The van der Waals surface area contributed by atoms with E-state index in [4.69, 9.17) is 12.2 Å². The maximum atomic E-state index is 13.4. The third-order valence-corrected chi connectivity index (χ3v) is 5.62. The van der Waals surface area contributed by atoms with Gasteiger partial charge in [-0.25, -0.2) is 0 Å². The molecule has 1 N–H and O–H groups in total. The summed E-state index contributed by atoms with van der Waals surface area (Å²) in [6.45, 7) is 5.89. The zero-order valence-electron chi connectivity index (χ0n) is 17.0. The van der Waals surface area contributed by atoms with Gasteiger partial charge in [0, 0.05) is 17.1 Å². The van der Waals surface area contributed by atoms with E-state index in [9.17, 15) is 9.59 Å². The fourth-order valence-electron chi connectivity index (χ4n) is 3.60. The van der Waals surface area contributed by atoms with Gasteiger partial charge in [-0.15, -0.1) is 0 Å². The largest absolute Gasteiger partial charge is 0.314 e. The summed E-state index contributed by atoms with van der Waals surface area (Å²) in [6.07, 6.45) is 1.62. The maximum Gasteiger partial charge on any atom is 0.270 e. The van der Waals surface area contributed by atoms with Crippen LogP contribution in [0, 0.1) is 20.8 Å². The van der Waals surface area contributed by atoms with E-state index >= 15 is 0 Å². The molecule has 5 nitrogen and oxygen atoms in total. The molecule has 3 aromatic rings. The summed E-state index contributed by atoms with van der Waals surface area (Å²) in [4.78, 5) is 27.4. The molecule has 2 heterocycles. The Kier molecular flexibility index (Phi) is 5.10. The van der Waals surface area contributed by atoms with Crippen LogP contribution in [0.2, 0.25) is 0 Å². The SMILES string of the molecule is Cc1cccc(N2C(=O)/C(=C/c3ccc(C)n3-c3ccccc3)C(=O)NC2=S)c1C. The van der Waals surface area contributed by atoms with Crippen molar-refractivity contribution in [3.63, 3.8) is 0 Å². The van der Waals surface area contributed by atoms with Crippen LogP contribution in [-0.2, 0) is 9.59 Å². The third-order valence-electron chi connectivity index (χ3n) is 5.33. The number of hydrogen-bond acceptors (Lipinski definition) is 3. The Labute approximate surface area is 180 Å². The number of rotatable bonds is 3. The number of aromatic nitrogens is 1. The number of aryl methyl sites for hydroxylation is 2. The van der Waals surface area contributed by atoms with Crippen molar-refractivity contribution in [3.05, 3.63) is 88.8 Å². The van der Waals surface area contributed by atoms with Gasteiger partial charge in [0.15, 0.2) is 5.11 Å². The molecule has 0 saturated carbocycles. The molecule has 1 aliphatic heterocycles. The molecule has 0 radical (unpaired) electrons. The molecule has 4 rings (SSSR count). The van der Waals surface area contributed by atoms with Crippen LogP contribution in [0.25, 0.3) is 11.8 Å². The van der Waals surface area contributed by atoms with Crippen molar-refractivity contribution in [2.45, 2.75) is 20.8 Å². The first-order chi connectivity index (χ1) is 14.4. The predicted molar refractivity (Wildman–Crippen MR) is 123 cm³/mol. The van der Waals surface area contributed by atoms with Crippen molar-refractivity contribution in [3.8, 4) is 5.69 Å². The molecule has 2 amide bonds. The minimum atomic E-state index is -0.495. The molecular formula is C24H21N3O2S. The van der Waals surface area contributed by atoms with Gasteiger partial charge in [-0.05, 0) is 80.5 Å². The standard InChI is InChI=1S/C24H21N3O2S/c1-15-8-7-11-21(17(15)3)27-23(29)20(22(28)25-24(27)30)14-19-13-12-16(2)26(19)18-9-5-4-6-10-18/h4-14H,1-3H3,(H,25,28,30)/b20-14+. The number of anilines is 1. The van der Waals surface area contributed by atoms with Gasteiger partial charge in [0.25, 0.3) is 11.8 Å². The monoisotopic (exact) mass is 415 g/mol. The highest BCUT2D eigenvalue weighted by Gasteiger charge is 2.35. The van der Waals surface area contributed by atoms with Gasteiger partial charge in [0.1, 0.15) is 5.57 Å². The second-order valence-corrected chi connectivity index (χ2v) is 7.63. The van der Waals surface area contributed by atoms with Crippen LogP contribution in [0.15, 0.2) is 66.2 Å². The Morgan fingerprint density at radius 2 is 1.63 bits per heavy atom. The Balaban J connectivity index is 1.81. The number of nitrogens with one attached hydrogen (secondary N) is 1. The number of para-hydroxylation sites is 1. The lowest BCUT2D eigenvalue weighted by molar-refractivity contribution is -0.122. The molecule has 1 fully saturated rings. The second kappa shape index (κ2) is 7.72. The fourth-order valence-corrected chi connectivity index (χ4v) is 3.88. The number of benzene rings is 2. The van der Waals surface area contributed by atoms with E-state index in [0.29, 0.717) is 5.69 Å². The second-order valence-electron chi connectivity index (χ2n) is 7.25. The van der Waals surface area contributed by atoms with E-state index in [1.807, 2.05) is 86.0 Å². The molecule has 0 bridgehead atoms. The first-order valence-electron chi connectivity index (χ1n) is 9.60. The average Bonchev–Trinajstić information content (AvgIpc) is 3.09. The lowest BCUT2D eigenvalue weighted by Crippen LogP contribution is -2.54. The number of carbonyl (C=O) groups excluding carboxylic acids is 2. The Hall–Kier alpha value is -3.51. The van der Waals surface area contributed by atoms with Gasteiger partial charge in [-0.3, -0.25) is 19.8 Å². The van der Waals surface area contributed by atoms with E-state index in [-0.39, 0.29) is 10.7 Å². The van der Waals surface area contributed by atoms with Crippen LogP contribution in [0.1, 0.15) is 22.5 Å². The summed E-state index contributed by atoms with van der Waals surface area (Å²) < 4.78 is 2.00. The summed E-state index contributed by atoms with van der Waals surface area (Å²) in [6, 6.07) is 19.3. The van der Waals surface area contributed by atoms with Crippen molar-refractivity contribution in [2.24, 2.45) is 0 Å². The van der Waals surface area contributed by atoms with Crippen molar-refractivity contribution in [1.29, 1.82) is 0 Å². The van der Waals surface area contributed by atoms with E-state index in [1.165, 1.54) is 4.90 Å². The Bertz CT molecular complexity index is 1210. The Morgan fingerprint density at radius 3 is 2.37 bits per heavy atom. The minimum Gasteiger partial charge on any atom is -0.314 e. The van der Waals surface area contributed by atoms with E-state index in [2.05, 4.69) is 5.32 Å². The first-order valence-corrected chi connectivity index (χ1v) is 10.0. The number of hydrogen-bond donors (Lipinski definition) is 1. The van der Waals surface area contributed by atoms with Crippen LogP contribution in [0.4, 0.5) is 5.69 Å². The van der Waals surface area contributed by atoms with Crippen LogP contribution >= 0.6 is 12.2 Å². The van der Waals surface area contributed by atoms with Crippen molar-refractivity contribution >= 4 is 40.9 Å². The number of amides is 2. The van der Waals surface area contributed by atoms with Crippen LogP contribution < -0.4 is 10.2 Å². The maximum absolute atomic E-state index is 13.4. The molecule has 1 aliphatic rings. The van der Waals surface area contributed by atoms with Crippen LogP contribution in [0.5, 0.6) is 0 Å². The highest BCUT2D eigenvalue weighted by molar-refractivity contribution is 7.80. The smallest absolute Gasteiger partial charge is 0.270 e. The highest BCUT2D eigenvalue weighted by atomic mass is 32.1. The fraction of sp³-hybridized carbons (Fsp3) is 0.125. The number of carbonyl (C=O) groups is 2. The summed E-state index contributed by atoms with van der Waals surface area (Å²) >= 11 is 5.33. The first kappa shape index (κ1) is 19.8. The lowest BCUT2D eigenvalue weighted by atomic mass is 10.0. The van der Waals surface area contributed by atoms with Gasteiger partial charge < -0.3 is 4.57 Å². The molecule has 2 aromatic carbocycles. The van der Waals surface area contributed by atoms with Gasteiger partial charge in [-0.1, -0.05) is 30.3 Å². The van der Waals surface area contributed by atoms with Gasteiger partial charge in [0.2, 0.25) is 0 Å². The highest BCUT2D eigenvalue weighted by Crippen LogP contribution is 2.28. The van der Waals surface area contributed by atoms with Gasteiger partial charge in [0.05, 0.1) is 5.69 Å². The zero-order chi connectivity index (χ0) is 21.4. The molecule has 1 saturated heterocycles. The molecule has 0 atom stereocenters. The summed E-state index contributed by atoms with van der Waals surface area (Å²) in [5.74, 6) is -0.930. The van der Waals surface area contributed by atoms with Crippen molar-refractivity contribution in [2.75, 3.05) is 4.90 Å². The summed E-state index contributed by atoms with van der Waals surface area (Å²) in [5, 5.41) is 2.75. The summed E-state index contributed by atoms with van der Waals surface area (Å²) in [7, 11) is 0. The average molecular weight is 416 g/mol. The molecule has 30 heavy (non-hydrogen) atoms. The van der Waals surface area contributed by atoms with Crippen molar-refractivity contribution in [1.82, 2.24) is 9.88 Å². The predicted octanol–water partition coefficient (Wildman–Crippen LogP) is 4.23. The molecule has 0 aliphatic carbocycles. The molecular weight excluding hydrogens is 394 g/mol. The topological polar surface area (TPSA) is 54.3 Å².